The molecule has 1 aromatic heterocycles. The zero-order chi connectivity index (χ0) is 14.4. The Morgan fingerprint density at radius 2 is 2.00 bits per heavy atom. The molecule has 2 aromatic rings. The molecular weight excluding hydrogens is 256 g/mol. The van der Waals surface area contributed by atoms with Crippen molar-refractivity contribution in [1.82, 2.24) is 15.3 Å². The zero-order valence-electron chi connectivity index (χ0n) is 11.4. The summed E-state index contributed by atoms with van der Waals surface area (Å²) in [6, 6.07) is 9.20. The van der Waals surface area contributed by atoms with Crippen molar-refractivity contribution in [3.05, 3.63) is 42.1 Å². The second-order valence-electron chi connectivity index (χ2n) is 4.09. The molecule has 0 atom stereocenters. The summed E-state index contributed by atoms with van der Waals surface area (Å²) in [5, 5.41) is 5.66. The highest BCUT2D eigenvalue weighted by Gasteiger charge is 2.02. The smallest absolute Gasteiger partial charge is 0.230 e. The molecule has 1 heterocycles. The van der Waals surface area contributed by atoms with Crippen LogP contribution in [0.4, 0.5) is 11.6 Å². The molecule has 0 bridgehead atoms. The van der Waals surface area contributed by atoms with Crippen molar-refractivity contribution >= 4 is 17.5 Å². The molecule has 104 valence electrons. The lowest BCUT2D eigenvalue weighted by Crippen LogP contribution is -2.19. The topological polar surface area (TPSA) is 76.1 Å². The first-order chi connectivity index (χ1) is 9.71. The normalized spacial score (nSPS) is 9.90. The van der Waals surface area contributed by atoms with Crippen LogP contribution in [0.1, 0.15) is 5.56 Å². The maximum absolute atomic E-state index is 11.3. The summed E-state index contributed by atoms with van der Waals surface area (Å²) in [5.74, 6) is 0.948. The van der Waals surface area contributed by atoms with E-state index in [9.17, 15) is 4.79 Å². The second kappa shape index (κ2) is 6.51. The molecule has 6 nitrogen and oxygen atoms in total. The van der Waals surface area contributed by atoms with Crippen molar-refractivity contribution < 1.29 is 9.53 Å². The summed E-state index contributed by atoms with van der Waals surface area (Å²) in [6.07, 6.45) is 1.99. The third-order valence-electron chi connectivity index (χ3n) is 2.69. The van der Waals surface area contributed by atoms with E-state index in [0.717, 1.165) is 11.3 Å². The van der Waals surface area contributed by atoms with Crippen molar-refractivity contribution in [3.8, 4) is 5.88 Å². The van der Waals surface area contributed by atoms with Crippen LogP contribution < -0.4 is 15.4 Å². The van der Waals surface area contributed by atoms with Crippen LogP contribution in [0.2, 0.25) is 0 Å². The molecule has 0 saturated carbocycles. The average Bonchev–Trinajstić information content (AvgIpc) is 2.49. The van der Waals surface area contributed by atoms with Crippen molar-refractivity contribution in [2.75, 3.05) is 19.5 Å². The molecule has 6 heteroatoms. The van der Waals surface area contributed by atoms with Gasteiger partial charge < -0.3 is 15.4 Å². The molecule has 0 spiro atoms. The predicted molar refractivity (Wildman–Crippen MR) is 76.1 cm³/mol. The number of anilines is 2. The molecule has 0 saturated heterocycles. The number of rotatable bonds is 5. The minimum atomic E-state index is -0.0122. The maximum Gasteiger partial charge on any atom is 0.230 e. The number of carbonyl (C=O) groups is 1. The Morgan fingerprint density at radius 3 is 2.65 bits per heavy atom. The van der Waals surface area contributed by atoms with Gasteiger partial charge in [0.2, 0.25) is 17.7 Å². The maximum atomic E-state index is 11.3. The van der Waals surface area contributed by atoms with Crippen LogP contribution >= 0.6 is 0 Å². The third kappa shape index (κ3) is 3.68. The molecule has 0 aliphatic carbocycles. The molecule has 0 aliphatic rings. The van der Waals surface area contributed by atoms with Gasteiger partial charge in [0.05, 0.1) is 13.5 Å². The van der Waals surface area contributed by atoms with Gasteiger partial charge in [-0.2, -0.15) is 4.98 Å². The number of ether oxygens (including phenoxy) is 1. The molecule has 2 N–H and O–H groups in total. The number of methoxy groups -OCH3 is 1. The van der Waals surface area contributed by atoms with E-state index in [-0.39, 0.29) is 5.91 Å². The van der Waals surface area contributed by atoms with Gasteiger partial charge in [-0.25, -0.2) is 4.98 Å². The van der Waals surface area contributed by atoms with E-state index in [4.69, 9.17) is 4.74 Å². The van der Waals surface area contributed by atoms with Gasteiger partial charge in [-0.15, -0.1) is 0 Å². The summed E-state index contributed by atoms with van der Waals surface area (Å²) in [4.78, 5) is 19.5. The quantitative estimate of drug-likeness (QED) is 0.863. The summed E-state index contributed by atoms with van der Waals surface area (Å²) < 4.78 is 5.03. The first kappa shape index (κ1) is 13.8. The van der Waals surface area contributed by atoms with Crippen molar-refractivity contribution in [1.29, 1.82) is 0 Å². The van der Waals surface area contributed by atoms with Gasteiger partial charge >= 0.3 is 0 Å². The molecule has 0 aliphatic heterocycles. The summed E-state index contributed by atoms with van der Waals surface area (Å²) >= 11 is 0. The molecule has 1 amide bonds. The summed E-state index contributed by atoms with van der Waals surface area (Å²) in [7, 11) is 3.18. The van der Waals surface area contributed by atoms with Crippen LogP contribution in [0.5, 0.6) is 5.88 Å². The standard InChI is InChI=1S/C14H16N4O2/c1-15-12(19)9-10-3-5-11(6-4-10)17-14-16-8-7-13(18-14)20-2/h3-8H,9H2,1-2H3,(H,15,19)(H,16,17,18). The number of hydrogen-bond acceptors (Lipinski definition) is 5. The van der Waals surface area contributed by atoms with Gasteiger partial charge in [0.1, 0.15) is 0 Å². The molecule has 0 fully saturated rings. The highest BCUT2D eigenvalue weighted by Crippen LogP contribution is 2.15. The Kier molecular flexibility index (Phi) is 4.49. The number of benzene rings is 1. The fraction of sp³-hybridized carbons (Fsp3) is 0.214. The summed E-state index contributed by atoms with van der Waals surface area (Å²) in [5.41, 5.74) is 1.79. The van der Waals surface area contributed by atoms with Gasteiger partial charge in [-0.05, 0) is 17.7 Å². The number of nitrogens with zero attached hydrogens (tertiary/aromatic N) is 2. The third-order valence-corrected chi connectivity index (χ3v) is 2.69. The van der Waals surface area contributed by atoms with Crippen LogP contribution in [0.15, 0.2) is 36.5 Å². The van der Waals surface area contributed by atoms with Crippen LogP contribution in [0, 0.1) is 0 Å². The largest absolute Gasteiger partial charge is 0.481 e. The van der Waals surface area contributed by atoms with E-state index in [1.54, 1.807) is 26.4 Å². The van der Waals surface area contributed by atoms with Gasteiger partial charge in [0, 0.05) is 25.0 Å². The van der Waals surface area contributed by atoms with E-state index in [0.29, 0.717) is 18.2 Å². The van der Waals surface area contributed by atoms with Crippen molar-refractivity contribution in [2.24, 2.45) is 0 Å². The van der Waals surface area contributed by atoms with Gasteiger partial charge in [-0.3, -0.25) is 4.79 Å². The van der Waals surface area contributed by atoms with E-state index in [1.807, 2.05) is 24.3 Å². The average molecular weight is 272 g/mol. The number of nitrogens with one attached hydrogen (secondary N) is 2. The number of hydrogen-bond donors (Lipinski definition) is 2. The Hall–Kier alpha value is -2.63. The van der Waals surface area contributed by atoms with E-state index < -0.39 is 0 Å². The Bertz CT molecular complexity index is 584. The summed E-state index contributed by atoms with van der Waals surface area (Å²) in [6.45, 7) is 0. The van der Waals surface area contributed by atoms with Crippen LogP contribution in [-0.4, -0.2) is 30.0 Å². The molecule has 20 heavy (non-hydrogen) atoms. The zero-order valence-corrected chi connectivity index (χ0v) is 11.4. The van der Waals surface area contributed by atoms with E-state index in [1.165, 1.54) is 0 Å². The minimum absolute atomic E-state index is 0.0122. The van der Waals surface area contributed by atoms with Crippen molar-refractivity contribution in [3.63, 3.8) is 0 Å². The molecule has 0 unspecified atom stereocenters. The molecule has 1 aromatic carbocycles. The molecular formula is C14H16N4O2. The van der Waals surface area contributed by atoms with Crippen molar-refractivity contribution in [2.45, 2.75) is 6.42 Å². The molecule has 0 radical (unpaired) electrons. The van der Waals surface area contributed by atoms with E-state index in [2.05, 4.69) is 20.6 Å². The fourth-order valence-electron chi connectivity index (χ4n) is 1.62. The monoisotopic (exact) mass is 272 g/mol. The Balaban J connectivity index is 2.04. The van der Waals surface area contributed by atoms with Gasteiger partial charge in [0.25, 0.3) is 0 Å². The predicted octanol–water partition coefficient (Wildman–Crippen LogP) is 1.52. The number of amides is 1. The lowest BCUT2D eigenvalue weighted by atomic mass is 10.1. The highest BCUT2D eigenvalue weighted by molar-refractivity contribution is 5.78. The lowest BCUT2D eigenvalue weighted by molar-refractivity contribution is -0.119. The lowest BCUT2D eigenvalue weighted by Gasteiger charge is -2.07. The highest BCUT2D eigenvalue weighted by atomic mass is 16.5. The van der Waals surface area contributed by atoms with Crippen LogP contribution in [-0.2, 0) is 11.2 Å². The number of likely N-dealkylation sites (N-methyl/N-ethyl adjacent to an activating group) is 1. The minimum Gasteiger partial charge on any atom is -0.481 e. The Morgan fingerprint density at radius 1 is 1.25 bits per heavy atom. The molecule has 2 rings (SSSR count). The first-order valence-corrected chi connectivity index (χ1v) is 6.15. The number of carbonyl (C=O) groups excluding carboxylic acids is 1. The first-order valence-electron chi connectivity index (χ1n) is 6.15. The van der Waals surface area contributed by atoms with Crippen LogP contribution in [0.25, 0.3) is 0 Å². The second-order valence-corrected chi connectivity index (χ2v) is 4.09. The Labute approximate surface area is 117 Å². The number of aromatic nitrogens is 2. The van der Waals surface area contributed by atoms with Gasteiger partial charge in [0.15, 0.2) is 0 Å². The van der Waals surface area contributed by atoms with Crippen LogP contribution in [0.3, 0.4) is 0 Å². The SMILES string of the molecule is CNC(=O)Cc1ccc(Nc2nccc(OC)n2)cc1. The fourth-order valence-corrected chi connectivity index (χ4v) is 1.62. The van der Waals surface area contributed by atoms with E-state index >= 15 is 0 Å². The van der Waals surface area contributed by atoms with Gasteiger partial charge in [-0.1, -0.05) is 12.1 Å².